The molecule has 1 unspecified atom stereocenters. The van der Waals surface area contributed by atoms with Crippen molar-refractivity contribution in [2.24, 2.45) is 0 Å². The summed E-state index contributed by atoms with van der Waals surface area (Å²) >= 11 is 6.28. The molecule has 0 saturated heterocycles. The topological polar surface area (TPSA) is 94.1 Å². The molecule has 0 spiro atoms. The van der Waals surface area contributed by atoms with Gasteiger partial charge in [0.1, 0.15) is 6.61 Å². The van der Waals surface area contributed by atoms with E-state index in [0.29, 0.717) is 41.7 Å². The second-order valence-electron chi connectivity index (χ2n) is 6.24. The molecule has 2 aromatic rings. The molecule has 0 aliphatic carbocycles. The van der Waals surface area contributed by atoms with Crippen molar-refractivity contribution in [2.75, 3.05) is 13.2 Å². The number of hydrogen-bond acceptors (Lipinski definition) is 5. The summed E-state index contributed by atoms with van der Waals surface area (Å²) in [7, 11) is 0. The van der Waals surface area contributed by atoms with Crippen LogP contribution in [0.3, 0.4) is 0 Å². The average Bonchev–Trinajstić information content (AvgIpc) is 2.92. The van der Waals surface area contributed by atoms with Gasteiger partial charge >= 0.3 is 12.1 Å². The van der Waals surface area contributed by atoms with Gasteiger partial charge in [-0.05, 0) is 23.3 Å². The number of carboxylic acid groups (broad SMARTS) is 1. The predicted molar refractivity (Wildman–Crippen MR) is 102 cm³/mol. The lowest BCUT2D eigenvalue weighted by atomic mass is 10.0. The Bertz CT molecular complexity index is 842. The molecule has 3 rings (SSSR count). The van der Waals surface area contributed by atoms with E-state index in [1.165, 1.54) is 0 Å². The van der Waals surface area contributed by atoms with Gasteiger partial charge in [-0.2, -0.15) is 0 Å². The second-order valence-corrected chi connectivity index (χ2v) is 6.64. The van der Waals surface area contributed by atoms with E-state index in [0.717, 1.165) is 5.56 Å². The van der Waals surface area contributed by atoms with Gasteiger partial charge in [0.2, 0.25) is 0 Å². The van der Waals surface area contributed by atoms with Crippen molar-refractivity contribution in [3.05, 3.63) is 58.6 Å². The minimum Gasteiger partial charge on any atom is -0.489 e. The van der Waals surface area contributed by atoms with Crippen molar-refractivity contribution in [1.29, 1.82) is 0 Å². The van der Waals surface area contributed by atoms with Crippen LogP contribution in [0.25, 0.3) is 0 Å². The van der Waals surface area contributed by atoms with Gasteiger partial charge in [-0.15, -0.1) is 0 Å². The molecule has 2 aromatic carbocycles. The van der Waals surface area contributed by atoms with Crippen LogP contribution in [-0.4, -0.2) is 30.4 Å². The molecule has 1 aliphatic heterocycles. The molecule has 148 valence electrons. The van der Waals surface area contributed by atoms with E-state index >= 15 is 0 Å². The zero-order chi connectivity index (χ0) is 19.9. The molecule has 1 atom stereocenters. The highest BCUT2D eigenvalue weighted by Crippen LogP contribution is 2.39. The summed E-state index contributed by atoms with van der Waals surface area (Å²) in [5, 5.41) is 12.1. The standard InChI is InChI=1S/C20H20ClNO6/c21-15-9-14(10-17-19(15)27-8-4-7-26-17)16(11-18(23)24)22-20(25)28-12-13-5-2-1-3-6-13/h1-3,5-6,9-10,16H,4,7-8,11-12H2,(H,22,25)(H,23,24). The van der Waals surface area contributed by atoms with Gasteiger partial charge in [-0.1, -0.05) is 41.9 Å². The number of carbonyl (C=O) groups is 2. The highest BCUT2D eigenvalue weighted by atomic mass is 35.5. The van der Waals surface area contributed by atoms with Gasteiger partial charge in [0.25, 0.3) is 0 Å². The summed E-state index contributed by atoms with van der Waals surface area (Å²) in [4.78, 5) is 23.5. The highest BCUT2D eigenvalue weighted by molar-refractivity contribution is 6.32. The molecule has 0 bridgehead atoms. The summed E-state index contributed by atoms with van der Waals surface area (Å²) in [5.41, 5.74) is 1.32. The van der Waals surface area contributed by atoms with Crippen molar-refractivity contribution < 1.29 is 28.9 Å². The number of aliphatic carboxylic acids is 1. The summed E-state index contributed by atoms with van der Waals surface area (Å²) in [6.07, 6.45) is -0.349. The Kier molecular flexibility index (Phi) is 6.60. The fraction of sp³-hybridized carbons (Fsp3) is 0.300. The lowest BCUT2D eigenvalue weighted by molar-refractivity contribution is -0.137. The van der Waals surface area contributed by atoms with Crippen molar-refractivity contribution in [3.8, 4) is 11.5 Å². The maximum absolute atomic E-state index is 12.2. The number of nitrogens with one attached hydrogen (secondary N) is 1. The first-order chi connectivity index (χ1) is 13.5. The first kappa shape index (κ1) is 19.8. The molecule has 0 saturated carbocycles. The predicted octanol–water partition coefficient (Wildman–Crippen LogP) is 3.94. The molecule has 0 aromatic heterocycles. The van der Waals surface area contributed by atoms with Crippen LogP contribution in [0.1, 0.15) is 30.0 Å². The Morgan fingerprint density at radius 2 is 1.93 bits per heavy atom. The molecule has 2 N–H and O–H groups in total. The molecule has 0 fully saturated rings. The highest BCUT2D eigenvalue weighted by Gasteiger charge is 2.23. The van der Waals surface area contributed by atoms with Crippen LogP contribution < -0.4 is 14.8 Å². The average molecular weight is 406 g/mol. The second kappa shape index (κ2) is 9.32. The molecule has 7 nitrogen and oxygen atoms in total. The number of carboxylic acids is 1. The molecule has 1 aliphatic rings. The SMILES string of the molecule is O=C(O)CC(NC(=O)OCc1ccccc1)c1cc(Cl)c2c(c1)OCCCO2. The van der Waals surface area contributed by atoms with Gasteiger partial charge in [0.15, 0.2) is 11.5 Å². The Balaban J connectivity index is 1.74. The Morgan fingerprint density at radius 3 is 2.68 bits per heavy atom. The van der Waals surface area contributed by atoms with E-state index < -0.39 is 18.1 Å². The number of benzene rings is 2. The molecule has 0 radical (unpaired) electrons. The van der Waals surface area contributed by atoms with E-state index in [9.17, 15) is 14.7 Å². The van der Waals surface area contributed by atoms with Crippen LogP contribution >= 0.6 is 11.6 Å². The van der Waals surface area contributed by atoms with Crippen LogP contribution in [0.15, 0.2) is 42.5 Å². The number of fused-ring (bicyclic) bond motifs is 1. The monoisotopic (exact) mass is 405 g/mol. The Labute approximate surface area is 167 Å². The number of carbonyl (C=O) groups excluding carboxylic acids is 1. The molecule has 1 amide bonds. The molecule has 28 heavy (non-hydrogen) atoms. The van der Waals surface area contributed by atoms with E-state index in [-0.39, 0.29) is 13.0 Å². The molecule has 8 heteroatoms. The number of halogens is 1. The fourth-order valence-electron chi connectivity index (χ4n) is 2.79. The van der Waals surface area contributed by atoms with Gasteiger partial charge in [-0.3, -0.25) is 4.79 Å². The van der Waals surface area contributed by atoms with E-state index in [1.807, 2.05) is 30.3 Å². The Morgan fingerprint density at radius 1 is 1.18 bits per heavy atom. The first-order valence-corrected chi connectivity index (χ1v) is 9.19. The van der Waals surface area contributed by atoms with Crippen LogP contribution in [0, 0.1) is 0 Å². The summed E-state index contributed by atoms with van der Waals surface area (Å²) in [5.74, 6) is -0.227. The van der Waals surface area contributed by atoms with Crippen molar-refractivity contribution >= 4 is 23.7 Å². The third kappa shape index (κ3) is 5.29. The molecular weight excluding hydrogens is 386 g/mol. The number of ether oxygens (including phenoxy) is 3. The van der Waals surface area contributed by atoms with Crippen molar-refractivity contribution in [3.63, 3.8) is 0 Å². The lowest BCUT2D eigenvalue weighted by Crippen LogP contribution is -2.30. The number of alkyl carbamates (subject to hydrolysis) is 1. The number of hydrogen-bond donors (Lipinski definition) is 2. The number of amides is 1. The van der Waals surface area contributed by atoms with Crippen molar-refractivity contribution in [2.45, 2.75) is 25.5 Å². The minimum atomic E-state index is -1.07. The third-order valence-electron chi connectivity index (χ3n) is 4.11. The van der Waals surface area contributed by atoms with Crippen LogP contribution in [0.4, 0.5) is 4.79 Å². The quantitative estimate of drug-likeness (QED) is 0.755. The molecular formula is C20H20ClNO6. The summed E-state index contributed by atoms with van der Waals surface area (Å²) in [6, 6.07) is 11.6. The number of rotatable bonds is 6. The van der Waals surface area contributed by atoms with E-state index in [1.54, 1.807) is 12.1 Å². The summed E-state index contributed by atoms with van der Waals surface area (Å²) < 4.78 is 16.4. The van der Waals surface area contributed by atoms with Crippen molar-refractivity contribution in [1.82, 2.24) is 5.32 Å². The zero-order valence-corrected chi connectivity index (χ0v) is 15.8. The first-order valence-electron chi connectivity index (χ1n) is 8.81. The van der Waals surface area contributed by atoms with Crippen LogP contribution in [-0.2, 0) is 16.1 Å². The van der Waals surface area contributed by atoms with Gasteiger partial charge in [0.05, 0.1) is 30.7 Å². The Hall–Kier alpha value is -2.93. The summed E-state index contributed by atoms with van der Waals surface area (Å²) in [6.45, 7) is 1.02. The lowest BCUT2D eigenvalue weighted by Gasteiger charge is -2.19. The van der Waals surface area contributed by atoms with E-state index in [2.05, 4.69) is 5.32 Å². The largest absolute Gasteiger partial charge is 0.489 e. The maximum atomic E-state index is 12.2. The molecule has 1 heterocycles. The van der Waals surface area contributed by atoms with Crippen LogP contribution in [0.2, 0.25) is 5.02 Å². The fourth-order valence-corrected chi connectivity index (χ4v) is 3.06. The van der Waals surface area contributed by atoms with E-state index in [4.69, 9.17) is 25.8 Å². The zero-order valence-electron chi connectivity index (χ0n) is 15.0. The van der Waals surface area contributed by atoms with Gasteiger partial charge < -0.3 is 24.6 Å². The smallest absolute Gasteiger partial charge is 0.407 e. The van der Waals surface area contributed by atoms with Gasteiger partial charge in [-0.25, -0.2) is 4.79 Å². The third-order valence-corrected chi connectivity index (χ3v) is 4.39. The van der Waals surface area contributed by atoms with Gasteiger partial charge in [0, 0.05) is 6.42 Å². The minimum absolute atomic E-state index is 0.0777. The van der Waals surface area contributed by atoms with Crippen LogP contribution in [0.5, 0.6) is 11.5 Å². The maximum Gasteiger partial charge on any atom is 0.407 e. The normalized spacial score (nSPS) is 13.9.